The number of aryl methyl sites for hydroxylation is 1. The molecule has 0 spiro atoms. The van der Waals surface area contributed by atoms with Gasteiger partial charge in [0.2, 0.25) is 0 Å². The van der Waals surface area contributed by atoms with Crippen LogP contribution in [0.4, 0.5) is 0 Å². The molecule has 1 unspecified atom stereocenters. The van der Waals surface area contributed by atoms with Gasteiger partial charge in [0.1, 0.15) is 5.82 Å². The average Bonchev–Trinajstić information content (AvgIpc) is 2.63. The third kappa shape index (κ3) is 3.99. The molecular weight excluding hydrogens is 192 g/mol. The van der Waals surface area contributed by atoms with Crippen molar-refractivity contribution >= 4 is 0 Å². The zero-order valence-electron chi connectivity index (χ0n) is 9.44. The Morgan fingerprint density at radius 3 is 3.00 bits per heavy atom. The van der Waals surface area contributed by atoms with Crippen LogP contribution >= 0.6 is 0 Å². The maximum atomic E-state index is 5.45. The van der Waals surface area contributed by atoms with E-state index >= 15 is 0 Å². The average molecular weight is 212 g/mol. The summed E-state index contributed by atoms with van der Waals surface area (Å²) in [6.07, 6.45) is 5.52. The van der Waals surface area contributed by atoms with Gasteiger partial charge in [-0.25, -0.2) is 4.98 Å². The van der Waals surface area contributed by atoms with E-state index in [-0.39, 0.29) is 6.04 Å². The molecule has 5 nitrogen and oxygen atoms in total. The standard InChI is InChI=1S/C10H20N4O/c1-3-6-15-8-9(13-11)7-10-12-4-5-14(10)2/h4-5,9,13H,3,6-8,11H2,1-2H3. The minimum atomic E-state index is 0.123. The van der Waals surface area contributed by atoms with E-state index in [2.05, 4.69) is 17.3 Å². The highest BCUT2D eigenvalue weighted by Gasteiger charge is 2.10. The number of hydrazine groups is 1. The van der Waals surface area contributed by atoms with E-state index in [4.69, 9.17) is 10.6 Å². The number of nitrogens with zero attached hydrogens (tertiary/aromatic N) is 2. The normalized spacial score (nSPS) is 13.0. The fourth-order valence-corrected chi connectivity index (χ4v) is 1.35. The Balaban J connectivity index is 2.36. The van der Waals surface area contributed by atoms with Crippen molar-refractivity contribution in [2.24, 2.45) is 12.9 Å². The maximum Gasteiger partial charge on any atom is 0.110 e. The van der Waals surface area contributed by atoms with Crippen molar-refractivity contribution < 1.29 is 4.74 Å². The fourth-order valence-electron chi connectivity index (χ4n) is 1.35. The Hall–Kier alpha value is -0.910. The quantitative estimate of drug-likeness (QED) is 0.385. The molecule has 0 aliphatic rings. The molecule has 0 aliphatic carbocycles. The van der Waals surface area contributed by atoms with Crippen LogP contribution in [-0.2, 0) is 18.2 Å². The summed E-state index contributed by atoms with van der Waals surface area (Å²) in [5, 5.41) is 0. The van der Waals surface area contributed by atoms with Crippen LogP contribution in [0.15, 0.2) is 12.4 Å². The molecule has 1 aromatic rings. The Bertz CT molecular complexity index is 274. The number of hydrogen-bond acceptors (Lipinski definition) is 4. The van der Waals surface area contributed by atoms with Crippen molar-refractivity contribution in [2.45, 2.75) is 25.8 Å². The van der Waals surface area contributed by atoms with Crippen molar-refractivity contribution in [2.75, 3.05) is 13.2 Å². The molecule has 15 heavy (non-hydrogen) atoms. The summed E-state index contributed by atoms with van der Waals surface area (Å²) in [4.78, 5) is 4.24. The predicted octanol–water partition coefficient (Wildman–Crippen LogP) is 0.221. The molecular formula is C10H20N4O. The second-order valence-corrected chi connectivity index (χ2v) is 3.60. The monoisotopic (exact) mass is 212 g/mol. The topological polar surface area (TPSA) is 65.1 Å². The van der Waals surface area contributed by atoms with E-state index < -0.39 is 0 Å². The van der Waals surface area contributed by atoms with Crippen molar-refractivity contribution in [3.8, 4) is 0 Å². The van der Waals surface area contributed by atoms with Gasteiger partial charge in [-0.15, -0.1) is 0 Å². The first-order chi connectivity index (χ1) is 7.27. The first kappa shape index (κ1) is 12.2. The van der Waals surface area contributed by atoms with Gasteiger partial charge in [0.05, 0.1) is 12.6 Å². The van der Waals surface area contributed by atoms with E-state index in [1.54, 1.807) is 6.20 Å². The molecule has 1 atom stereocenters. The second kappa shape index (κ2) is 6.55. The number of imidazole rings is 1. The SMILES string of the molecule is CCCOCC(Cc1nccn1C)NN. The van der Waals surface area contributed by atoms with Crippen LogP contribution in [-0.4, -0.2) is 28.8 Å². The third-order valence-corrected chi connectivity index (χ3v) is 2.25. The van der Waals surface area contributed by atoms with Crippen molar-refractivity contribution in [1.82, 2.24) is 15.0 Å². The van der Waals surface area contributed by atoms with Gasteiger partial charge in [-0.05, 0) is 6.42 Å². The van der Waals surface area contributed by atoms with Crippen LogP contribution in [0.1, 0.15) is 19.2 Å². The van der Waals surface area contributed by atoms with E-state index in [1.165, 1.54) is 0 Å². The van der Waals surface area contributed by atoms with E-state index in [0.717, 1.165) is 25.3 Å². The lowest BCUT2D eigenvalue weighted by atomic mass is 10.2. The van der Waals surface area contributed by atoms with E-state index in [0.29, 0.717) is 6.61 Å². The largest absolute Gasteiger partial charge is 0.380 e. The minimum absolute atomic E-state index is 0.123. The van der Waals surface area contributed by atoms with Gasteiger partial charge in [-0.2, -0.15) is 0 Å². The van der Waals surface area contributed by atoms with Crippen molar-refractivity contribution in [3.05, 3.63) is 18.2 Å². The maximum absolute atomic E-state index is 5.45. The molecule has 0 fully saturated rings. The number of nitrogens with two attached hydrogens (primary N) is 1. The number of rotatable bonds is 7. The summed E-state index contributed by atoms with van der Waals surface area (Å²) in [5.74, 6) is 6.47. The highest BCUT2D eigenvalue weighted by atomic mass is 16.5. The molecule has 0 saturated carbocycles. The van der Waals surface area contributed by atoms with Gasteiger partial charge in [-0.1, -0.05) is 6.92 Å². The number of nitrogens with one attached hydrogen (secondary N) is 1. The molecule has 0 aliphatic heterocycles. The molecule has 1 rings (SSSR count). The van der Waals surface area contributed by atoms with Crippen LogP contribution in [0.2, 0.25) is 0 Å². The van der Waals surface area contributed by atoms with Crippen LogP contribution in [0.5, 0.6) is 0 Å². The van der Waals surface area contributed by atoms with Crippen LogP contribution in [0.25, 0.3) is 0 Å². The smallest absolute Gasteiger partial charge is 0.110 e. The Labute approximate surface area is 90.6 Å². The highest BCUT2D eigenvalue weighted by molar-refractivity contribution is 4.94. The van der Waals surface area contributed by atoms with Crippen LogP contribution in [0, 0.1) is 0 Å². The molecule has 0 aromatic carbocycles. The highest BCUT2D eigenvalue weighted by Crippen LogP contribution is 2.00. The predicted molar refractivity (Wildman–Crippen MR) is 59.1 cm³/mol. The first-order valence-corrected chi connectivity index (χ1v) is 5.28. The minimum Gasteiger partial charge on any atom is -0.380 e. The summed E-state index contributed by atoms with van der Waals surface area (Å²) in [7, 11) is 1.98. The van der Waals surface area contributed by atoms with Gasteiger partial charge in [0, 0.05) is 32.5 Å². The van der Waals surface area contributed by atoms with E-state index in [1.807, 2.05) is 17.8 Å². The molecule has 0 amide bonds. The van der Waals surface area contributed by atoms with Gasteiger partial charge in [-0.3, -0.25) is 11.3 Å². The Kier molecular flexibility index (Phi) is 5.31. The fraction of sp³-hybridized carbons (Fsp3) is 0.700. The van der Waals surface area contributed by atoms with Gasteiger partial charge in [0.25, 0.3) is 0 Å². The van der Waals surface area contributed by atoms with E-state index in [9.17, 15) is 0 Å². The summed E-state index contributed by atoms with van der Waals surface area (Å²) < 4.78 is 7.44. The molecule has 0 saturated heterocycles. The summed E-state index contributed by atoms with van der Waals surface area (Å²) in [6.45, 7) is 3.49. The van der Waals surface area contributed by atoms with Crippen molar-refractivity contribution in [1.29, 1.82) is 0 Å². The second-order valence-electron chi connectivity index (χ2n) is 3.60. The Morgan fingerprint density at radius 2 is 2.47 bits per heavy atom. The van der Waals surface area contributed by atoms with Crippen LogP contribution < -0.4 is 11.3 Å². The summed E-state index contributed by atoms with van der Waals surface area (Å²) in [5.41, 5.74) is 2.75. The first-order valence-electron chi connectivity index (χ1n) is 5.28. The summed E-state index contributed by atoms with van der Waals surface area (Å²) >= 11 is 0. The zero-order chi connectivity index (χ0) is 11.1. The Morgan fingerprint density at radius 1 is 1.67 bits per heavy atom. The molecule has 1 heterocycles. The van der Waals surface area contributed by atoms with Gasteiger partial charge in [0.15, 0.2) is 0 Å². The molecule has 3 N–H and O–H groups in total. The molecule has 0 radical (unpaired) electrons. The molecule has 86 valence electrons. The van der Waals surface area contributed by atoms with Gasteiger partial charge < -0.3 is 9.30 Å². The number of hydrogen-bond donors (Lipinski definition) is 2. The molecule has 1 aromatic heterocycles. The molecule has 5 heteroatoms. The number of aromatic nitrogens is 2. The van der Waals surface area contributed by atoms with Crippen molar-refractivity contribution in [3.63, 3.8) is 0 Å². The molecule has 0 bridgehead atoms. The lowest BCUT2D eigenvalue weighted by Crippen LogP contribution is -2.40. The zero-order valence-corrected chi connectivity index (χ0v) is 9.44. The summed E-state index contributed by atoms with van der Waals surface area (Å²) in [6, 6.07) is 0.123. The van der Waals surface area contributed by atoms with Gasteiger partial charge >= 0.3 is 0 Å². The lowest BCUT2D eigenvalue weighted by molar-refractivity contribution is 0.111. The third-order valence-electron chi connectivity index (χ3n) is 2.25. The van der Waals surface area contributed by atoms with Crippen LogP contribution in [0.3, 0.4) is 0 Å². The number of ether oxygens (including phenoxy) is 1. The lowest BCUT2D eigenvalue weighted by Gasteiger charge is -2.15.